The molecule has 7 nitrogen and oxygen atoms in total. The lowest BCUT2D eigenvalue weighted by Crippen LogP contribution is -2.24. The molecule has 33 heavy (non-hydrogen) atoms. The van der Waals surface area contributed by atoms with Crippen LogP contribution in [0.3, 0.4) is 0 Å². The predicted octanol–water partition coefficient (Wildman–Crippen LogP) is 5.98. The van der Waals surface area contributed by atoms with Gasteiger partial charge in [-0.05, 0) is 66.4 Å². The molecule has 0 saturated carbocycles. The number of thiazole rings is 1. The maximum absolute atomic E-state index is 12.6. The summed E-state index contributed by atoms with van der Waals surface area (Å²) in [6, 6.07) is 9.97. The van der Waals surface area contributed by atoms with E-state index in [9.17, 15) is 4.79 Å². The molecule has 0 aliphatic rings. The van der Waals surface area contributed by atoms with E-state index >= 15 is 0 Å². The minimum atomic E-state index is -0.142. The summed E-state index contributed by atoms with van der Waals surface area (Å²) in [5, 5.41) is 16.0. The minimum absolute atomic E-state index is 0.142. The Kier molecular flexibility index (Phi) is 6.83. The normalized spacial score (nSPS) is 11.1. The van der Waals surface area contributed by atoms with Gasteiger partial charge < -0.3 is 0 Å². The van der Waals surface area contributed by atoms with Gasteiger partial charge in [-0.15, -0.1) is 16.4 Å². The molecule has 10 heteroatoms. The lowest BCUT2D eigenvalue weighted by atomic mass is 10.1. The van der Waals surface area contributed by atoms with Gasteiger partial charge in [0.1, 0.15) is 0 Å². The molecule has 0 saturated heterocycles. The summed E-state index contributed by atoms with van der Waals surface area (Å²) < 4.78 is 1.76. The number of aromatic nitrogens is 5. The maximum atomic E-state index is 12.6. The third kappa shape index (κ3) is 4.80. The largest absolute Gasteiger partial charge is 0.274 e. The Bertz CT molecular complexity index is 1290. The number of nitrogens with zero attached hydrogens (tertiary/aromatic N) is 6. The van der Waals surface area contributed by atoms with Crippen LogP contribution in [0.1, 0.15) is 34.9 Å². The molecule has 0 unspecified atom stereocenters. The molecular formula is C23H23ClN6OS2. The van der Waals surface area contributed by atoms with Gasteiger partial charge in [0.25, 0.3) is 0 Å². The van der Waals surface area contributed by atoms with Crippen molar-refractivity contribution in [2.24, 2.45) is 0 Å². The van der Waals surface area contributed by atoms with Crippen LogP contribution in [-0.4, -0.2) is 31.1 Å². The van der Waals surface area contributed by atoms with E-state index < -0.39 is 0 Å². The molecule has 2 heterocycles. The maximum Gasteiger partial charge on any atom is 0.230 e. The number of amides is 1. The van der Waals surface area contributed by atoms with Crippen LogP contribution < -0.4 is 4.90 Å². The first-order valence-corrected chi connectivity index (χ1v) is 12.5. The van der Waals surface area contributed by atoms with Crippen LogP contribution in [0.25, 0.3) is 5.69 Å². The van der Waals surface area contributed by atoms with Crippen molar-refractivity contribution in [3.05, 3.63) is 68.7 Å². The molecule has 170 valence electrons. The Morgan fingerprint density at radius 3 is 2.55 bits per heavy atom. The minimum Gasteiger partial charge on any atom is -0.274 e. The molecule has 4 aromatic rings. The van der Waals surface area contributed by atoms with Crippen molar-refractivity contribution in [1.82, 2.24) is 25.2 Å². The molecule has 4 rings (SSSR count). The molecule has 0 fully saturated rings. The van der Waals surface area contributed by atoms with Crippen molar-refractivity contribution in [1.29, 1.82) is 0 Å². The van der Waals surface area contributed by atoms with Crippen LogP contribution in [0.2, 0.25) is 5.02 Å². The zero-order valence-corrected chi connectivity index (χ0v) is 21.3. The summed E-state index contributed by atoms with van der Waals surface area (Å²) in [7, 11) is 0. The van der Waals surface area contributed by atoms with Crippen molar-refractivity contribution < 1.29 is 4.79 Å². The average molecular weight is 499 g/mol. The highest BCUT2D eigenvalue weighted by Gasteiger charge is 2.23. The monoisotopic (exact) mass is 498 g/mol. The quantitative estimate of drug-likeness (QED) is 0.304. The summed E-state index contributed by atoms with van der Waals surface area (Å²) in [4.78, 5) is 18.8. The van der Waals surface area contributed by atoms with Gasteiger partial charge in [-0.3, -0.25) is 9.69 Å². The van der Waals surface area contributed by atoms with E-state index in [1.807, 2.05) is 63.4 Å². The van der Waals surface area contributed by atoms with Gasteiger partial charge >= 0.3 is 0 Å². The van der Waals surface area contributed by atoms with Gasteiger partial charge in [-0.1, -0.05) is 47.6 Å². The number of hydrogen-bond acceptors (Lipinski definition) is 7. The van der Waals surface area contributed by atoms with E-state index in [1.165, 1.54) is 30.0 Å². The number of anilines is 2. The second-order valence-electron chi connectivity index (χ2n) is 7.79. The van der Waals surface area contributed by atoms with Gasteiger partial charge in [-0.25, -0.2) is 4.98 Å². The number of carbonyl (C=O) groups excluding carboxylic acids is 1. The Morgan fingerprint density at radius 2 is 1.88 bits per heavy atom. The van der Waals surface area contributed by atoms with E-state index in [2.05, 4.69) is 15.5 Å². The van der Waals surface area contributed by atoms with Crippen molar-refractivity contribution in [2.75, 3.05) is 4.90 Å². The predicted molar refractivity (Wildman–Crippen MR) is 134 cm³/mol. The van der Waals surface area contributed by atoms with Crippen molar-refractivity contribution in [2.45, 2.75) is 45.5 Å². The highest BCUT2D eigenvalue weighted by Crippen LogP contribution is 2.38. The van der Waals surface area contributed by atoms with Crippen LogP contribution in [0.5, 0.6) is 0 Å². The van der Waals surface area contributed by atoms with E-state index in [0.29, 0.717) is 26.8 Å². The molecule has 2 aromatic carbocycles. The van der Waals surface area contributed by atoms with Gasteiger partial charge in [0.2, 0.25) is 11.1 Å². The second-order valence-corrected chi connectivity index (χ2v) is 9.98. The summed E-state index contributed by atoms with van der Waals surface area (Å²) in [6.07, 6.45) is 0. The van der Waals surface area contributed by atoms with Gasteiger partial charge in [0.15, 0.2) is 5.13 Å². The smallest absolute Gasteiger partial charge is 0.230 e. The highest BCUT2D eigenvalue weighted by atomic mass is 35.5. The summed E-state index contributed by atoms with van der Waals surface area (Å²) in [6.45, 7) is 9.52. The van der Waals surface area contributed by atoms with Gasteiger partial charge in [-0.2, -0.15) is 4.68 Å². The molecule has 0 radical (unpaired) electrons. The lowest BCUT2D eigenvalue weighted by molar-refractivity contribution is -0.115. The third-order valence-electron chi connectivity index (χ3n) is 5.11. The highest BCUT2D eigenvalue weighted by molar-refractivity contribution is 7.98. The standard InChI is InChI=1S/C23H23ClN6OS2/c1-13-9-16(4)21(19(24)10-13)29(17(5)31)22-25-18(11-32-22)12-33-23-26-27-28-30(23)20-14(2)7-6-8-15(20)3/h6-11H,12H2,1-5H3. The SMILES string of the molecule is CC(=O)N(c1nc(CSc2nnnn2-c2c(C)cccc2C)cs1)c1c(C)cc(C)cc1Cl. The van der Waals surface area contributed by atoms with Crippen LogP contribution >= 0.6 is 34.7 Å². The zero-order chi connectivity index (χ0) is 23.7. The van der Waals surface area contributed by atoms with Gasteiger partial charge in [0, 0.05) is 18.1 Å². The average Bonchev–Trinajstić information content (AvgIpc) is 3.38. The zero-order valence-electron chi connectivity index (χ0n) is 19.0. The van der Waals surface area contributed by atoms with Crippen molar-refractivity contribution >= 4 is 51.4 Å². The number of tetrazole rings is 1. The van der Waals surface area contributed by atoms with Crippen LogP contribution in [0.15, 0.2) is 40.9 Å². The molecular weight excluding hydrogens is 476 g/mol. The molecule has 0 atom stereocenters. The van der Waals surface area contributed by atoms with E-state index in [1.54, 1.807) is 9.58 Å². The number of thioether (sulfide) groups is 1. The molecule has 1 amide bonds. The number of rotatable bonds is 6. The van der Waals surface area contributed by atoms with Crippen LogP contribution in [-0.2, 0) is 10.5 Å². The summed E-state index contributed by atoms with van der Waals surface area (Å²) >= 11 is 9.42. The first kappa shape index (κ1) is 23.4. The second kappa shape index (κ2) is 9.62. The fraction of sp³-hybridized carbons (Fsp3) is 0.261. The molecule has 2 aromatic heterocycles. The van der Waals surface area contributed by atoms with E-state index in [4.69, 9.17) is 16.6 Å². The molecule has 0 bridgehead atoms. The number of aryl methyl sites for hydroxylation is 4. The number of halogens is 1. The van der Waals surface area contributed by atoms with Crippen molar-refractivity contribution in [3.8, 4) is 5.69 Å². The molecule has 0 aliphatic heterocycles. The van der Waals surface area contributed by atoms with Gasteiger partial charge in [0.05, 0.1) is 22.1 Å². The number of para-hydroxylation sites is 1. The number of benzene rings is 2. The topological polar surface area (TPSA) is 76.8 Å². The Hall–Kier alpha value is -2.75. The van der Waals surface area contributed by atoms with Crippen LogP contribution in [0.4, 0.5) is 10.8 Å². The fourth-order valence-corrected chi connectivity index (χ4v) is 5.88. The Balaban J connectivity index is 1.58. The molecule has 0 aliphatic carbocycles. The fourth-order valence-electron chi connectivity index (χ4n) is 3.73. The first-order chi connectivity index (χ1) is 15.8. The van der Waals surface area contributed by atoms with E-state index in [-0.39, 0.29) is 5.91 Å². The first-order valence-electron chi connectivity index (χ1n) is 10.3. The third-order valence-corrected chi connectivity index (χ3v) is 7.22. The Morgan fingerprint density at radius 1 is 1.15 bits per heavy atom. The number of hydrogen-bond donors (Lipinski definition) is 0. The Labute approximate surface area is 205 Å². The lowest BCUT2D eigenvalue weighted by Gasteiger charge is -2.22. The molecule has 0 spiro atoms. The summed E-state index contributed by atoms with van der Waals surface area (Å²) in [5.41, 5.74) is 6.66. The number of carbonyl (C=O) groups is 1. The molecule has 0 N–H and O–H groups in total. The summed E-state index contributed by atoms with van der Waals surface area (Å²) in [5.74, 6) is 0.421. The van der Waals surface area contributed by atoms with Crippen LogP contribution in [0, 0.1) is 27.7 Å². The van der Waals surface area contributed by atoms with Crippen molar-refractivity contribution in [3.63, 3.8) is 0 Å². The van der Waals surface area contributed by atoms with E-state index in [0.717, 1.165) is 33.6 Å².